The summed E-state index contributed by atoms with van der Waals surface area (Å²) in [7, 11) is 1.84. The van der Waals surface area contributed by atoms with E-state index in [2.05, 4.69) is 84.4 Å². The summed E-state index contributed by atoms with van der Waals surface area (Å²) in [5.41, 5.74) is 15.7. The minimum atomic E-state index is -0.288. The van der Waals surface area contributed by atoms with Gasteiger partial charge in [-0.25, -0.2) is 0 Å². The normalized spacial score (nSPS) is 15.9. The van der Waals surface area contributed by atoms with Crippen LogP contribution in [0, 0.1) is 5.92 Å². The minimum absolute atomic E-state index is 0.0108. The van der Waals surface area contributed by atoms with Crippen LogP contribution >= 0.6 is 0 Å². The standard InChI is InChI=1S/C45H65N7O3/c1-33(2)26-38(49-31-39(28-35-16-8-5-9-17-35)48-30-37(47)27-34-14-6-4-7-15-34)32-50-41(19-12-13-23-46)44(53)52-24-21-40(22-25-52)51(3)45(54)43-29-36-18-10-11-20-42(36)55-43/h4-11,14-18,20,29,33,37-41,48-50H,12-13,19,21-28,30-32,46-47H2,1-3H3/t37-,38-,39-,41-/m1/s1. The molecule has 0 aliphatic carbocycles. The number of benzene rings is 3. The maximum atomic E-state index is 14.1. The molecule has 298 valence electrons. The Morgan fingerprint density at radius 2 is 1.44 bits per heavy atom. The molecule has 1 aliphatic rings. The van der Waals surface area contributed by atoms with Gasteiger partial charge in [0.25, 0.3) is 5.91 Å². The van der Waals surface area contributed by atoms with Gasteiger partial charge in [0.15, 0.2) is 5.76 Å². The molecule has 1 saturated heterocycles. The van der Waals surface area contributed by atoms with Gasteiger partial charge in [-0.05, 0) is 80.7 Å². The molecule has 2 amide bonds. The zero-order chi connectivity index (χ0) is 39.0. The summed E-state index contributed by atoms with van der Waals surface area (Å²) in [5.74, 6) is 0.858. The van der Waals surface area contributed by atoms with Crippen molar-refractivity contribution in [1.29, 1.82) is 0 Å². The molecule has 1 aliphatic heterocycles. The van der Waals surface area contributed by atoms with E-state index in [0.717, 1.165) is 69.8 Å². The number of carbonyl (C=O) groups is 2. The van der Waals surface area contributed by atoms with E-state index in [1.165, 1.54) is 11.1 Å². The highest BCUT2D eigenvalue weighted by molar-refractivity contribution is 5.96. The van der Waals surface area contributed by atoms with Gasteiger partial charge in [0.05, 0.1) is 6.04 Å². The quantitative estimate of drug-likeness (QED) is 0.0677. The number of nitrogens with zero attached hydrogens (tertiary/aromatic N) is 2. The fraction of sp³-hybridized carbons (Fsp3) is 0.511. The number of carbonyl (C=O) groups excluding carboxylic acids is 2. The van der Waals surface area contributed by atoms with Crippen LogP contribution in [0.25, 0.3) is 11.0 Å². The van der Waals surface area contributed by atoms with Gasteiger partial charge in [0, 0.05) is 69.3 Å². The zero-order valence-corrected chi connectivity index (χ0v) is 33.3. The Kier molecular flexibility index (Phi) is 16.7. The van der Waals surface area contributed by atoms with Crippen molar-refractivity contribution < 1.29 is 14.0 Å². The lowest BCUT2D eigenvalue weighted by Gasteiger charge is -2.38. The van der Waals surface area contributed by atoms with E-state index < -0.39 is 0 Å². The van der Waals surface area contributed by atoms with Crippen molar-refractivity contribution in [3.8, 4) is 0 Å². The Hall–Kier alpha value is -4.06. The highest BCUT2D eigenvalue weighted by Gasteiger charge is 2.32. The van der Waals surface area contributed by atoms with Crippen LogP contribution in [-0.2, 0) is 17.6 Å². The third kappa shape index (κ3) is 13.3. The van der Waals surface area contributed by atoms with E-state index in [9.17, 15) is 9.59 Å². The van der Waals surface area contributed by atoms with Crippen LogP contribution in [0.15, 0.2) is 95.4 Å². The van der Waals surface area contributed by atoms with Crippen molar-refractivity contribution in [3.05, 3.63) is 108 Å². The number of unbranched alkanes of at least 4 members (excludes halogenated alkanes) is 1. The molecule has 0 bridgehead atoms. The second-order valence-electron chi connectivity index (χ2n) is 15.8. The molecule has 5 rings (SSSR count). The maximum Gasteiger partial charge on any atom is 0.289 e. The lowest BCUT2D eigenvalue weighted by atomic mass is 9.99. The van der Waals surface area contributed by atoms with Crippen molar-refractivity contribution >= 4 is 22.8 Å². The van der Waals surface area contributed by atoms with Gasteiger partial charge < -0.3 is 41.6 Å². The van der Waals surface area contributed by atoms with Gasteiger partial charge in [-0.2, -0.15) is 0 Å². The Bertz CT molecular complexity index is 1670. The van der Waals surface area contributed by atoms with Gasteiger partial charge in [-0.3, -0.25) is 9.59 Å². The van der Waals surface area contributed by atoms with Crippen LogP contribution in [0.5, 0.6) is 0 Å². The lowest BCUT2D eigenvalue weighted by Crippen LogP contribution is -2.55. The fourth-order valence-electron chi connectivity index (χ4n) is 7.75. The number of para-hydroxylation sites is 1. The summed E-state index contributed by atoms with van der Waals surface area (Å²) in [4.78, 5) is 31.2. The Morgan fingerprint density at radius 1 is 0.818 bits per heavy atom. The second-order valence-corrected chi connectivity index (χ2v) is 15.8. The van der Waals surface area contributed by atoms with E-state index in [0.29, 0.717) is 43.4 Å². The van der Waals surface area contributed by atoms with Crippen molar-refractivity contribution in [2.45, 2.75) is 95.4 Å². The third-order valence-electron chi connectivity index (χ3n) is 10.9. The fourth-order valence-corrected chi connectivity index (χ4v) is 7.75. The van der Waals surface area contributed by atoms with Crippen molar-refractivity contribution in [1.82, 2.24) is 25.8 Å². The topological polar surface area (TPSA) is 142 Å². The smallest absolute Gasteiger partial charge is 0.289 e. The average Bonchev–Trinajstić information content (AvgIpc) is 3.64. The number of rotatable bonds is 22. The number of hydrogen-bond donors (Lipinski definition) is 5. The SMILES string of the molecule is CC(C)C[C@H](CN[C@H](CCCCN)C(=O)N1CCC(N(C)C(=O)c2cc3ccccc3o2)CC1)NC[C@@H](Cc1ccccc1)NC[C@H](N)Cc1ccccc1. The molecule has 0 saturated carbocycles. The number of nitrogens with two attached hydrogens (primary N) is 2. The molecule has 0 spiro atoms. The van der Waals surface area contributed by atoms with E-state index in [4.69, 9.17) is 15.9 Å². The molecule has 1 fully saturated rings. The van der Waals surface area contributed by atoms with E-state index in [-0.39, 0.29) is 42.0 Å². The van der Waals surface area contributed by atoms with Crippen LogP contribution < -0.4 is 27.4 Å². The zero-order valence-electron chi connectivity index (χ0n) is 33.3. The van der Waals surface area contributed by atoms with Gasteiger partial charge in [-0.1, -0.05) is 99.1 Å². The van der Waals surface area contributed by atoms with Gasteiger partial charge in [-0.15, -0.1) is 0 Å². The number of piperidine rings is 1. The van der Waals surface area contributed by atoms with E-state index in [1.54, 1.807) is 4.90 Å². The Labute approximate surface area is 328 Å². The van der Waals surface area contributed by atoms with Crippen LogP contribution in [0.1, 0.15) is 74.1 Å². The number of likely N-dealkylation sites (tertiary alicyclic amines) is 1. The number of hydrogen-bond acceptors (Lipinski definition) is 8. The Balaban J connectivity index is 1.16. The first-order valence-electron chi connectivity index (χ1n) is 20.5. The second kappa shape index (κ2) is 21.9. The summed E-state index contributed by atoms with van der Waals surface area (Å²) in [6.07, 6.45) is 6.68. The Morgan fingerprint density at radius 3 is 2.09 bits per heavy atom. The van der Waals surface area contributed by atoms with Crippen LogP contribution in [0.3, 0.4) is 0 Å². The summed E-state index contributed by atoms with van der Waals surface area (Å²) < 4.78 is 5.86. The molecule has 0 unspecified atom stereocenters. The molecule has 7 N–H and O–H groups in total. The van der Waals surface area contributed by atoms with E-state index >= 15 is 0 Å². The molecular formula is C45H65N7O3. The molecule has 55 heavy (non-hydrogen) atoms. The minimum Gasteiger partial charge on any atom is -0.451 e. The van der Waals surface area contributed by atoms with Crippen molar-refractivity contribution in [2.24, 2.45) is 17.4 Å². The maximum absolute atomic E-state index is 14.1. The summed E-state index contributed by atoms with van der Waals surface area (Å²) >= 11 is 0. The van der Waals surface area contributed by atoms with Crippen LogP contribution in [0.2, 0.25) is 0 Å². The average molecular weight is 752 g/mol. The van der Waals surface area contributed by atoms with Gasteiger partial charge in [0.2, 0.25) is 5.91 Å². The first-order chi connectivity index (χ1) is 26.7. The molecule has 10 nitrogen and oxygen atoms in total. The van der Waals surface area contributed by atoms with Crippen LogP contribution in [-0.4, -0.2) is 98.1 Å². The molecule has 2 heterocycles. The summed E-state index contributed by atoms with van der Waals surface area (Å²) in [5, 5.41) is 12.3. The number of fused-ring (bicyclic) bond motifs is 1. The molecular weight excluding hydrogens is 687 g/mol. The lowest BCUT2D eigenvalue weighted by molar-refractivity contribution is -0.135. The first kappa shape index (κ1) is 42.1. The largest absolute Gasteiger partial charge is 0.451 e. The summed E-state index contributed by atoms with van der Waals surface area (Å²) in [6.45, 7) is 8.54. The summed E-state index contributed by atoms with van der Waals surface area (Å²) in [6, 6.07) is 30.7. The monoisotopic (exact) mass is 752 g/mol. The van der Waals surface area contributed by atoms with Crippen molar-refractivity contribution in [3.63, 3.8) is 0 Å². The number of nitrogens with one attached hydrogen (secondary N) is 3. The van der Waals surface area contributed by atoms with Gasteiger partial charge >= 0.3 is 0 Å². The number of furan rings is 1. The highest BCUT2D eigenvalue weighted by Crippen LogP contribution is 2.23. The molecule has 0 radical (unpaired) electrons. The first-order valence-corrected chi connectivity index (χ1v) is 20.5. The molecule has 1 aromatic heterocycles. The predicted octanol–water partition coefficient (Wildman–Crippen LogP) is 5.36. The molecule has 4 atom stereocenters. The molecule has 4 aromatic rings. The van der Waals surface area contributed by atoms with Gasteiger partial charge in [0.1, 0.15) is 5.58 Å². The number of amides is 2. The third-order valence-corrected chi connectivity index (χ3v) is 10.9. The van der Waals surface area contributed by atoms with E-state index in [1.807, 2.05) is 48.3 Å². The highest BCUT2D eigenvalue weighted by atomic mass is 16.3. The molecule has 10 heteroatoms. The van der Waals surface area contributed by atoms with Crippen LogP contribution in [0.4, 0.5) is 0 Å². The predicted molar refractivity (Wildman–Crippen MR) is 224 cm³/mol. The van der Waals surface area contributed by atoms with Crippen molar-refractivity contribution in [2.75, 3.05) is 46.3 Å². The molecule has 3 aromatic carbocycles.